The van der Waals surface area contributed by atoms with Crippen molar-refractivity contribution >= 4 is 15.6 Å². The summed E-state index contributed by atoms with van der Waals surface area (Å²) in [6.45, 7) is 4.39. The van der Waals surface area contributed by atoms with E-state index in [1.807, 2.05) is 0 Å². The number of ether oxygens (including phenoxy) is 1. The molecule has 0 bridgehead atoms. The van der Waals surface area contributed by atoms with Gasteiger partial charge in [0.25, 0.3) is 0 Å². The lowest BCUT2D eigenvalue weighted by Gasteiger charge is -2.10. The molecule has 1 rings (SSSR count). The van der Waals surface area contributed by atoms with Gasteiger partial charge in [0.1, 0.15) is 6.61 Å². The number of ketones is 1. The number of hydrogen-bond acceptors (Lipinski definition) is 4. The van der Waals surface area contributed by atoms with Crippen LogP contribution in [0.15, 0.2) is 18.2 Å². The lowest BCUT2D eigenvalue weighted by Crippen LogP contribution is -2.22. The van der Waals surface area contributed by atoms with Gasteiger partial charge in [-0.05, 0) is 39.0 Å². The third kappa shape index (κ3) is 4.31. The zero-order valence-electron chi connectivity index (χ0n) is 11.1. The summed E-state index contributed by atoms with van der Waals surface area (Å²) in [5.41, 5.74) is 0.250. The van der Waals surface area contributed by atoms with Crippen molar-refractivity contribution in [3.63, 3.8) is 0 Å². The number of carbonyl (C=O) groups excluding carboxylic acids is 1. The van der Waals surface area contributed by atoms with Gasteiger partial charge in [-0.25, -0.2) is 12.8 Å². The molecule has 6 heteroatoms. The van der Waals surface area contributed by atoms with Gasteiger partial charge >= 0.3 is 0 Å². The first-order valence-corrected chi connectivity index (χ1v) is 7.60. The highest BCUT2D eigenvalue weighted by Crippen LogP contribution is 2.18. The van der Waals surface area contributed by atoms with E-state index in [2.05, 4.69) is 0 Å². The van der Waals surface area contributed by atoms with E-state index in [-0.39, 0.29) is 29.5 Å². The maximum Gasteiger partial charge on any atom is 0.165 e. The van der Waals surface area contributed by atoms with Gasteiger partial charge in [0.05, 0.1) is 11.0 Å². The molecule has 0 amide bonds. The lowest BCUT2D eigenvalue weighted by molar-refractivity contribution is 0.101. The van der Waals surface area contributed by atoms with Crippen molar-refractivity contribution in [2.75, 3.05) is 12.4 Å². The third-order valence-electron chi connectivity index (χ3n) is 2.68. The van der Waals surface area contributed by atoms with E-state index in [4.69, 9.17) is 4.74 Å². The molecule has 0 aliphatic carbocycles. The molecule has 19 heavy (non-hydrogen) atoms. The molecule has 4 nitrogen and oxygen atoms in total. The first-order valence-electron chi connectivity index (χ1n) is 5.89. The first kappa shape index (κ1) is 15.6. The molecule has 0 spiro atoms. The van der Waals surface area contributed by atoms with E-state index in [1.165, 1.54) is 19.1 Å². The van der Waals surface area contributed by atoms with Crippen LogP contribution in [0.3, 0.4) is 0 Å². The molecule has 0 fully saturated rings. The minimum absolute atomic E-state index is 0.0519. The molecule has 0 saturated carbocycles. The maximum atomic E-state index is 13.6. The summed E-state index contributed by atoms with van der Waals surface area (Å²) in [7, 11) is -3.20. The predicted octanol–water partition coefficient (Wildman–Crippen LogP) is 2.23. The van der Waals surface area contributed by atoms with E-state index in [0.717, 1.165) is 6.07 Å². The van der Waals surface area contributed by atoms with Gasteiger partial charge in [-0.2, -0.15) is 0 Å². The minimum atomic E-state index is -3.20. The van der Waals surface area contributed by atoms with Crippen molar-refractivity contribution < 1.29 is 22.3 Å². The second-order valence-electron chi connectivity index (χ2n) is 4.47. The van der Waals surface area contributed by atoms with E-state index in [0.29, 0.717) is 0 Å². The predicted molar refractivity (Wildman–Crippen MR) is 70.8 cm³/mol. The van der Waals surface area contributed by atoms with Crippen molar-refractivity contribution in [2.45, 2.75) is 26.0 Å². The van der Waals surface area contributed by atoms with Gasteiger partial charge in [0, 0.05) is 5.56 Å². The molecule has 0 N–H and O–H groups in total. The average Bonchev–Trinajstić information content (AvgIpc) is 2.30. The zero-order valence-corrected chi connectivity index (χ0v) is 12.0. The van der Waals surface area contributed by atoms with E-state index < -0.39 is 20.9 Å². The summed E-state index contributed by atoms with van der Waals surface area (Å²) in [5, 5.41) is -0.485. The molecular weight excluding hydrogens is 271 g/mol. The number of benzene rings is 1. The zero-order chi connectivity index (χ0) is 14.6. The van der Waals surface area contributed by atoms with Crippen molar-refractivity contribution in [3.05, 3.63) is 29.6 Å². The Labute approximate surface area is 112 Å². The highest BCUT2D eigenvalue weighted by atomic mass is 32.2. The maximum absolute atomic E-state index is 13.6. The number of halogens is 1. The number of carbonyl (C=O) groups is 1. The Kier molecular flexibility index (Phi) is 5.05. The molecule has 0 unspecified atom stereocenters. The molecule has 0 heterocycles. The summed E-state index contributed by atoms with van der Waals surface area (Å²) in [6, 6.07) is 3.85. The molecule has 0 saturated heterocycles. The molecule has 0 aliphatic rings. The topological polar surface area (TPSA) is 60.4 Å². The van der Waals surface area contributed by atoms with Gasteiger partial charge in [-0.1, -0.05) is 0 Å². The molecule has 0 aliphatic heterocycles. The summed E-state index contributed by atoms with van der Waals surface area (Å²) < 4.78 is 41.7. The number of rotatable bonds is 6. The third-order valence-corrected chi connectivity index (χ3v) is 4.85. The van der Waals surface area contributed by atoms with Gasteiger partial charge in [-0.15, -0.1) is 0 Å². The van der Waals surface area contributed by atoms with Crippen molar-refractivity contribution in [3.8, 4) is 5.75 Å². The fourth-order valence-corrected chi connectivity index (χ4v) is 2.13. The molecule has 1 aromatic rings. The first-order chi connectivity index (χ1) is 8.74. The van der Waals surface area contributed by atoms with E-state index in [1.54, 1.807) is 13.8 Å². The molecule has 0 atom stereocenters. The second-order valence-corrected chi connectivity index (χ2v) is 7.14. The van der Waals surface area contributed by atoms with Gasteiger partial charge in [0.15, 0.2) is 27.2 Å². The van der Waals surface area contributed by atoms with Gasteiger partial charge < -0.3 is 4.74 Å². The van der Waals surface area contributed by atoms with Crippen LogP contribution in [-0.4, -0.2) is 31.8 Å². The Morgan fingerprint density at radius 1 is 1.37 bits per heavy atom. The Morgan fingerprint density at radius 3 is 2.47 bits per heavy atom. The van der Waals surface area contributed by atoms with Crippen molar-refractivity contribution in [1.29, 1.82) is 0 Å². The van der Waals surface area contributed by atoms with E-state index in [9.17, 15) is 17.6 Å². The fraction of sp³-hybridized carbons (Fsp3) is 0.462. The van der Waals surface area contributed by atoms with Crippen LogP contribution < -0.4 is 4.74 Å². The standard InChI is InChI=1S/C13H17FO4S/c1-9(2)19(16,17)7-6-18-13-5-4-11(10(3)15)8-12(13)14/h4-5,8-9H,6-7H2,1-3H3. The Bertz CT molecular complexity index is 564. The van der Waals surface area contributed by atoms with E-state index >= 15 is 0 Å². The van der Waals surface area contributed by atoms with Crippen LogP contribution in [0.1, 0.15) is 31.1 Å². The average molecular weight is 288 g/mol. The largest absolute Gasteiger partial charge is 0.489 e. The number of Topliss-reactive ketones (excluding diaryl/α,β-unsaturated/α-hetero) is 1. The summed E-state index contributed by atoms with van der Waals surface area (Å²) in [5.74, 6) is -1.13. The second kappa shape index (κ2) is 6.14. The Hall–Kier alpha value is -1.43. The van der Waals surface area contributed by atoms with Crippen LogP contribution in [0, 0.1) is 5.82 Å². The SMILES string of the molecule is CC(=O)c1ccc(OCCS(=O)(=O)C(C)C)c(F)c1. The van der Waals surface area contributed by atoms with Gasteiger partial charge in [0.2, 0.25) is 0 Å². The highest BCUT2D eigenvalue weighted by molar-refractivity contribution is 7.91. The summed E-state index contributed by atoms with van der Waals surface area (Å²) >= 11 is 0. The van der Waals surface area contributed by atoms with Crippen molar-refractivity contribution in [2.24, 2.45) is 0 Å². The number of sulfone groups is 1. The Balaban J connectivity index is 2.67. The molecule has 106 valence electrons. The highest BCUT2D eigenvalue weighted by Gasteiger charge is 2.16. The normalized spacial score (nSPS) is 11.6. The monoisotopic (exact) mass is 288 g/mol. The van der Waals surface area contributed by atoms with Crippen LogP contribution in [0.5, 0.6) is 5.75 Å². The molecule has 0 aromatic heterocycles. The number of hydrogen-bond donors (Lipinski definition) is 0. The lowest BCUT2D eigenvalue weighted by atomic mass is 10.1. The van der Waals surface area contributed by atoms with Crippen LogP contribution in [0.25, 0.3) is 0 Å². The smallest absolute Gasteiger partial charge is 0.165 e. The van der Waals surface area contributed by atoms with Crippen LogP contribution >= 0.6 is 0 Å². The minimum Gasteiger partial charge on any atom is -0.489 e. The van der Waals surface area contributed by atoms with Gasteiger partial charge in [-0.3, -0.25) is 4.79 Å². The Morgan fingerprint density at radius 2 is 2.00 bits per heavy atom. The fourth-order valence-electron chi connectivity index (χ4n) is 1.34. The van der Waals surface area contributed by atoms with Crippen LogP contribution in [0.2, 0.25) is 0 Å². The molecule has 1 aromatic carbocycles. The quantitative estimate of drug-likeness (QED) is 0.753. The van der Waals surface area contributed by atoms with Crippen molar-refractivity contribution in [1.82, 2.24) is 0 Å². The molecular formula is C13H17FO4S. The van der Waals surface area contributed by atoms with Crippen LogP contribution in [-0.2, 0) is 9.84 Å². The summed E-state index contributed by atoms with van der Waals surface area (Å²) in [6.07, 6.45) is 0. The summed E-state index contributed by atoms with van der Waals surface area (Å²) in [4.78, 5) is 11.0. The molecule has 0 radical (unpaired) electrons. The van der Waals surface area contributed by atoms with Crippen LogP contribution in [0.4, 0.5) is 4.39 Å².